The van der Waals surface area contributed by atoms with Crippen molar-refractivity contribution < 1.29 is 14.3 Å². The van der Waals surface area contributed by atoms with Crippen LogP contribution in [-0.2, 0) is 14.1 Å². The number of hydrogen-bond acceptors (Lipinski definition) is 6. The van der Waals surface area contributed by atoms with Crippen LogP contribution in [0.1, 0.15) is 10.5 Å². The van der Waals surface area contributed by atoms with E-state index < -0.39 is 17.2 Å². The van der Waals surface area contributed by atoms with Crippen molar-refractivity contribution in [3.05, 3.63) is 55.8 Å². The lowest BCUT2D eigenvalue weighted by molar-refractivity contribution is 0.102. The van der Waals surface area contributed by atoms with Crippen LogP contribution in [0, 0.1) is 0 Å². The van der Waals surface area contributed by atoms with Crippen molar-refractivity contribution in [1.29, 1.82) is 0 Å². The molecule has 0 atom stereocenters. The predicted molar refractivity (Wildman–Crippen MR) is 105 cm³/mol. The van der Waals surface area contributed by atoms with Crippen molar-refractivity contribution in [2.24, 2.45) is 14.1 Å². The standard InChI is InChI=1S/C18H17ClN4O5/c1-22-15-9(17(25)23(2)18(22)26)5-6-11(20-15)16(24)21-12-8-13(27-3)10(19)7-14(12)28-4/h5-8H,1-4H3,(H,21,24). The van der Waals surface area contributed by atoms with Gasteiger partial charge in [-0.15, -0.1) is 0 Å². The van der Waals surface area contributed by atoms with Crippen molar-refractivity contribution in [2.45, 2.75) is 0 Å². The molecule has 0 saturated carbocycles. The topological polar surface area (TPSA) is 104 Å². The molecule has 2 heterocycles. The molecule has 0 aliphatic rings. The summed E-state index contributed by atoms with van der Waals surface area (Å²) in [6.07, 6.45) is 0. The van der Waals surface area contributed by atoms with E-state index in [1.54, 1.807) is 0 Å². The van der Waals surface area contributed by atoms with E-state index in [1.165, 1.54) is 57.1 Å². The number of fused-ring (bicyclic) bond motifs is 1. The van der Waals surface area contributed by atoms with Crippen molar-refractivity contribution in [1.82, 2.24) is 14.1 Å². The van der Waals surface area contributed by atoms with Crippen LogP contribution in [0.25, 0.3) is 11.0 Å². The fourth-order valence-corrected chi connectivity index (χ4v) is 2.96. The number of aromatic nitrogens is 3. The summed E-state index contributed by atoms with van der Waals surface area (Å²) in [5, 5.41) is 3.22. The fraction of sp³-hybridized carbons (Fsp3) is 0.222. The molecule has 0 fully saturated rings. The van der Waals surface area contributed by atoms with Gasteiger partial charge in [-0.05, 0) is 12.1 Å². The molecule has 0 aliphatic heterocycles. The van der Waals surface area contributed by atoms with Crippen LogP contribution in [0.3, 0.4) is 0 Å². The molecule has 9 nitrogen and oxygen atoms in total. The van der Waals surface area contributed by atoms with Gasteiger partial charge in [-0.1, -0.05) is 11.6 Å². The normalized spacial score (nSPS) is 10.8. The zero-order chi connectivity index (χ0) is 20.6. The molecule has 10 heteroatoms. The van der Waals surface area contributed by atoms with Crippen molar-refractivity contribution in [3.8, 4) is 11.5 Å². The van der Waals surface area contributed by atoms with E-state index >= 15 is 0 Å². The number of nitrogens with zero attached hydrogens (tertiary/aromatic N) is 3. The Morgan fingerprint density at radius 3 is 2.39 bits per heavy atom. The summed E-state index contributed by atoms with van der Waals surface area (Å²) >= 11 is 6.06. The number of amides is 1. The molecule has 1 amide bonds. The number of ether oxygens (including phenoxy) is 2. The molecule has 1 N–H and O–H groups in total. The lowest BCUT2D eigenvalue weighted by Crippen LogP contribution is -2.37. The van der Waals surface area contributed by atoms with E-state index in [1.807, 2.05) is 0 Å². The molecule has 0 saturated heterocycles. The van der Waals surface area contributed by atoms with Gasteiger partial charge in [0.2, 0.25) is 0 Å². The third-order valence-electron chi connectivity index (χ3n) is 4.26. The molecule has 1 aromatic carbocycles. The quantitative estimate of drug-likeness (QED) is 0.707. The highest BCUT2D eigenvalue weighted by atomic mass is 35.5. The first-order valence-electron chi connectivity index (χ1n) is 8.08. The molecule has 2 aromatic heterocycles. The minimum Gasteiger partial charge on any atom is -0.495 e. The van der Waals surface area contributed by atoms with Gasteiger partial charge in [-0.2, -0.15) is 0 Å². The monoisotopic (exact) mass is 404 g/mol. The summed E-state index contributed by atoms with van der Waals surface area (Å²) in [4.78, 5) is 41.2. The summed E-state index contributed by atoms with van der Waals surface area (Å²) in [5.41, 5.74) is -0.560. The van der Waals surface area contributed by atoms with Crippen LogP contribution < -0.4 is 26.0 Å². The number of pyridine rings is 1. The Morgan fingerprint density at radius 1 is 1.07 bits per heavy atom. The summed E-state index contributed by atoms with van der Waals surface area (Å²) in [6, 6.07) is 5.89. The molecule has 0 aliphatic carbocycles. The highest BCUT2D eigenvalue weighted by molar-refractivity contribution is 6.32. The molecular formula is C18H17ClN4O5. The van der Waals surface area contributed by atoms with Gasteiger partial charge in [0.05, 0.1) is 30.3 Å². The van der Waals surface area contributed by atoms with Gasteiger partial charge in [0, 0.05) is 26.2 Å². The van der Waals surface area contributed by atoms with Crippen LogP contribution >= 0.6 is 11.6 Å². The second-order valence-corrected chi connectivity index (χ2v) is 6.32. The van der Waals surface area contributed by atoms with Gasteiger partial charge in [0.25, 0.3) is 11.5 Å². The SMILES string of the molecule is COc1cc(NC(=O)c2ccc3c(=O)n(C)c(=O)n(C)c3n2)c(OC)cc1Cl. The molecule has 0 radical (unpaired) electrons. The number of nitrogens with one attached hydrogen (secondary N) is 1. The number of carbonyl (C=O) groups excluding carboxylic acids is 1. The molecule has 0 spiro atoms. The number of methoxy groups -OCH3 is 2. The highest BCUT2D eigenvalue weighted by Crippen LogP contribution is 2.36. The van der Waals surface area contributed by atoms with Crippen molar-refractivity contribution in [2.75, 3.05) is 19.5 Å². The third-order valence-corrected chi connectivity index (χ3v) is 4.55. The van der Waals surface area contributed by atoms with E-state index in [9.17, 15) is 14.4 Å². The zero-order valence-electron chi connectivity index (χ0n) is 15.6. The Morgan fingerprint density at radius 2 is 1.75 bits per heavy atom. The first kappa shape index (κ1) is 19.4. The maximum atomic E-state index is 12.7. The van der Waals surface area contributed by atoms with Crippen LogP contribution in [0.5, 0.6) is 11.5 Å². The lowest BCUT2D eigenvalue weighted by Gasteiger charge is -2.13. The van der Waals surface area contributed by atoms with E-state index in [-0.39, 0.29) is 16.7 Å². The number of hydrogen-bond donors (Lipinski definition) is 1. The average Bonchev–Trinajstić information content (AvgIpc) is 2.70. The minimum absolute atomic E-state index is 0.0201. The van der Waals surface area contributed by atoms with Gasteiger partial charge >= 0.3 is 5.69 Å². The molecule has 3 rings (SSSR count). The maximum absolute atomic E-state index is 12.7. The van der Waals surface area contributed by atoms with Crippen molar-refractivity contribution >= 4 is 34.2 Å². The molecule has 146 valence electrons. The third kappa shape index (κ3) is 3.20. The summed E-state index contributed by atoms with van der Waals surface area (Å²) in [7, 11) is 5.75. The Bertz CT molecular complexity index is 1220. The fourth-order valence-electron chi connectivity index (χ4n) is 2.73. The minimum atomic E-state index is -0.558. The largest absolute Gasteiger partial charge is 0.495 e. The first-order valence-corrected chi connectivity index (χ1v) is 8.46. The molecule has 28 heavy (non-hydrogen) atoms. The number of anilines is 1. The Hall–Kier alpha value is -3.33. The van der Waals surface area contributed by atoms with Gasteiger partial charge in [0.15, 0.2) is 0 Å². The highest BCUT2D eigenvalue weighted by Gasteiger charge is 2.17. The second-order valence-electron chi connectivity index (χ2n) is 5.91. The summed E-state index contributed by atoms with van der Waals surface area (Å²) < 4.78 is 12.6. The molecule has 3 aromatic rings. The Balaban J connectivity index is 2.06. The molecule has 0 unspecified atom stereocenters. The Labute approximate surface area is 164 Å². The molecular weight excluding hydrogens is 388 g/mol. The number of rotatable bonds is 4. The smallest absolute Gasteiger partial charge is 0.332 e. The number of halogens is 1. The Kier molecular flexibility index (Phi) is 5.10. The lowest BCUT2D eigenvalue weighted by atomic mass is 10.2. The number of benzene rings is 1. The van der Waals surface area contributed by atoms with Gasteiger partial charge < -0.3 is 14.8 Å². The van der Waals surface area contributed by atoms with E-state index in [2.05, 4.69) is 10.3 Å². The van der Waals surface area contributed by atoms with Crippen LogP contribution in [-0.4, -0.2) is 34.2 Å². The van der Waals surface area contributed by atoms with Gasteiger partial charge in [-0.25, -0.2) is 9.78 Å². The molecule has 0 bridgehead atoms. The van der Waals surface area contributed by atoms with Crippen molar-refractivity contribution in [3.63, 3.8) is 0 Å². The van der Waals surface area contributed by atoms with Crippen LogP contribution in [0.15, 0.2) is 33.9 Å². The predicted octanol–water partition coefficient (Wildman–Crippen LogP) is 1.56. The number of aryl methyl sites for hydroxylation is 1. The first-order chi connectivity index (χ1) is 13.3. The van der Waals surface area contributed by atoms with E-state index in [0.29, 0.717) is 22.2 Å². The van der Waals surface area contributed by atoms with Crippen LogP contribution in [0.4, 0.5) is 5.69 Å². The van der Waals surface area contributed by atoms with Crippen LogP contribution in [0.2, 0.25) is 5.02 Å². The zero-order valence-corrected chi connectivity index (χ0v) is 16.3. The average molecular weight is 405 g/mol. The van der Waals surface area contributed by atoms with E-state index in [0.717, 1.165) is 4.57 Å². The summed E-state index contributed by atoms with van der Waals surface area (Å²) in [5.74, 6) is 0.133. The van der Waals surface area contributed by atoms with Gasteiger partial charge in [0.1, 0.15) is 22.8 Å². The summed E-state index contributed by atoms with van der Waals surface area (Å²) in [6.45, 7) is 0. The maximum Gasteiger partial charge on any atom is 0.332 e. The van der Waals surface area contributed by atoms with E-state index in [4.69, 9.17) is 21.1 Å². The van der Waals surface area contributed by atoms with Gasteiger partial charge in [-0.3, -0.25) is 18.7 Å². The number of carbonyl (C=O) groups is 1. The second kappa shape index (κ2) is 7.35.